The van der Waals surface area contributed by atoms with Crippen molar-refractivity contribution in [2.75, 3.05) is 0 Å². The second kappa shape index (κ2) is 6.91. The van der Waals surface area contributed by atoms with Crippen molar-refractivity contribution in [3.63, 3.8) is 0 Å². The van der Waals surface area contributed by atoms with Crippen LogP contribution >= 0.6 is 0 Å². The predicted molar refractivity (Wildman–Crippen MR) is 115 cm³/mol. The molecule has 0 radical (unpaired) electrons. The zero-order valence-electron chi connectivity index (χ0n) is 15.1. The normalized spacial score (nSPS) is 11.5. The Kier molecular flexibility index (Phi) is 4.44. The van der Waals surface area contributed by atoms with Crippen LogP contribution in [0.25, 0.3) is 39.6 Å². The molecular formula is C23H20BNO2. The zero-order chi connectivity index (χ0) is 19.0. The van der Waals surface area contributed by atoms with Crippen LogP contribution in [0.5, 0.6) is 0 Å². The first-order valence-corrected chi connectivity index (χ1v) is 8.93. The third-order valence-corrected chi connectivity index (χ3v) is 4.91. The highest BCUT2D eigenvalue weighted by Gasteiger charge is 2.16. The summed E-state index contributed by atoms with van der Waals surface area (Å²) in [5.41, 5.74) is 5.90. The van der Waals surface area contributed by atoms with E-state index < -0.39 is 7.12 Å². The van der Waals surface area contributed by atoms with Crippen LogP contribution in [0.1, 0.15) is 18.1 Å². The van der Waals surface area contributed by atoms with Gasteiger partial charge in [0.05, 0.1) is 11.0 Å². The van der Waals surface area contributed by atoms with Crippen LogP contribution in [0.15, 0.2) is 73.3 Å². The Labute approximate surface area is 158 Å². The molecule has 0 spiro atoms. The minimum Gasteiger partial charge on any atom is -0.423 e. The fourth-order valence-electron chi connectivity index (χ4n) is 3.72. The maximum absolute atomic E-state index is 9.37. The molecule has 0 aliphatic rings. The maximum Gasteiger partial charge on any atom is 0.488 e. The van der Waals surface area contributed by atoms with Crippen molar-refractivity contribution in [3.8, 4) is 5.69 Å². The molecule has 4 rings (SSSR count). The topological polar surface area (TPSA) is 45.4 Å². The van der Waals surface area contributed by atoms with Crippen LogP contribution in [0.4, 0.5) is 0 Å². The molecule has 4 heteroatoms. The van der Waals surface area contributed by atoms with Crippen molar-refractivity contribution in [1.82, 2.24) is 4.57 Å². The van der Waals surface area contributed by atoms with Crippen molar-refractivity contribution in [1.29, 1.82) is 0 Å². The first-order valence-electron chi connectivity index (χ1n) is 8.93. The number of benzene rings is 3. The van der Waals surface area contributed by atoms with Gasteiger partial charge in [-0.2, -0.15) is 0 Å². The fourth-order valence-corrected chi connectivity index (χ4v) is 3.72. The molecule has 3 aromatic carbocycles. The summed E-state index contributed by atoms with van der Waals surface area (Å²) in [6.45, 7) is 6.06. The Balaban J connectivity index is 2.09. The molecule has 2 N–H and O–H groups in total. The number of aromatic nitrogens is 1. The predicted octanol–water partition coefficient (Wildman–Crippen LogP) is 4.14. The van der Waals surface area contributed by atoms with Gasteiger partial charge in [-0.15, -0.1) is 0 Å². The van der Waals surface area contributed by atoms with Crippen LogP contribution in [0.3, 0.4) is 0 Å². The van der Waals surface area contributed by atoms with E-state index in [9.17, 15) is 10.0 Å². The van der Waals surface area contributed by atoms with Crippen LogP contribution in [-0.2, 0) is 0 Å². The molecule has 27 heavy (non-hydrogen) atoms. The summed E-state index contributed by atoms with van der Waals surface area (Å²) in [5.74, 6) is 0. The van der Waals surface area contributed by atoms with Crippen molar-refractivity contribution in [3.05, 3.63) is 84.4 Å². The first kappa shape index (κ1) is 17.3. The van der Waals surface area contributed by atoms with E-state index in [-0.39, 0.29) is 0 Å². The number of hydrogen-bond acceptors (Lipinski definition) is 2. The van der Waals surface area contributed by atoms with Gasteiger partial charge in [0.15, 0.2) is 0 Å². The quantitative estimate of drug-likeness (QED) is 0.542. The third kappa shape index (κ3) is 2.80. The van der Waals surface area contributed by atoms with Gasteiger partial charge in [0.1, 0.15) is 0 Å². The standard InChI is InChI=1S/C23H20BNO2/c1-3-7-16-10-15-22-23(19(16)4-2)20-8-5-6-9-21(20)25(22)18-13-11-17(12-14-18)24(26)27/h3-15,26-27H,2H2,1H3/b7-3-. The van der Waals surface area contributed by atoms with Crippen molar-refractivity contribution >= 4 is 46.5 Å². The molecule has 0 unspecified atom stereocenters. The van der Waals surface area contributed by atoms with Gasteiger partial charge in [0, 0.05) is 16.5 Å². The number of hydrogen-bond donors (Lipinski definition) is 2. The molecule has 1 heterocycles. The lowest BCUT2D eigenvalue weighted by Gasteiger charge is -2.10. The van der Waals surface area contributed by atoms with E-state index in [0.717, 1.165) is 27.8 Å². The monoisotopic (exact) mass is 353 g/mol. The van der Waals surface area contributed by atoms with E-state index in [4.69, 9.17) is 0 Å². The highest BCUT2D eigenvalue weighted by molar-refractivity contribution is 6.58. The van der Waals surface area contributed by atoms with Gasteiger partial charge in [-0.25, -0.2) is 0 Å². The van der Waals surface area contributed by atoms with Gasteiger partial charge < -0.3 is 14.6 Å². The molecule has 3 nitrogen and oxygen atoms in total. The van der Waals surface area contributed by atoms with E-state index in [1.807, 2.05) is 43.3 Å². The van der Waals surface area contributed by atoms with E-state index in [1.54, 1.807) is 12.1 Å². The smallest absolute Gasteiger partial charge is 0.423 e. The summed E-state index contributed by atoms with van der Waals surface area (Å²) < 4.78 is 2.20. The Morgan fingerprint density at radius 1 is 0.926 bits per heavy atom. The fraction of sp³-hybridized carbons (Fsp3) is 0.0435. The Morgan fingerprint density at radius 3 is 2.33 bits per heavy atom. The summed E-state index contributed by atoms with van der Waals surface area (Å²) >= 11 is 0. The van der Waals surface area contributed by atoms with E-state index in [0.29, 0.717) is 5.46 Å². The molecule has 0 aliphatic heterocycles. The second-order valence-electron chi connectivity index (χ2n) is 6.48. The number of nitrogens with zero attached hydrogens (tertiary/aromatic N) is 1. The second-order valence-corrected chi connectivity index (χ2v) is 6.48. The minimum atomic E-state index is -1.46. The van der Waals surface area contributed by atoms with Gasteiger partial charge in [-0.05, 0) is 47.8 Å². The van der Waals surface area contributed by atoms with Crippen LogP contribution < -0.4 is 5.46 Å². The molecule has 0 bridgehead atoms. The van der Waals surface area contributed by atoms with Gasteiger partial charge in [0.2, 0.25) is 0 Å². The molecule has 0 fully saturated rings. The molecule has 0 amide bonds. The van der Waals surface area contributed by atoms with Gasteiger partial charge >= 0.3 is 7.12 Å². The van der Waals surface area contributed by atoms with E-state index in [1.165, 1.54) is 10.8 Å². The molecule has 0 aliphatic carbocycles. The largest absolute Gasteiger partial charge is 0.488 e. The van der Waals surface area contributed by atoms with Crippen molar-refractivity contribution < 1.29 is 10.0 Å². The van der Waals surface area contributed by atoms with Gasteiger partial charge in [-0.1, -0.05) is 61.2 Å². The van der Waals surface area contributed by atoms with E-state index >= 15 is 0 Å². The maximum atomic E-state index is 9.37. The summed E-state index contributed by atoms with van der Waals surface area (Å²) in [7, 11) is -1.46. The van der Waals surface area contributed by atoms with Crippen molar-refractivity contribution in [2.45, 2.75) is 6.92 Å². The lowest BCUT2D eigenvalue weighted by atomic mass is 9.80. The summed E-state index contributed by atoms with van der Waals surface area (Å²) in [6, 6.07) is 19.9. The molecule has 0 atom stereocenters. The molecule has 0 saturated heterocycles. The zero-order valence-corrected chi connectivity index (χ0v) is 15.1. The number of allylic oxidation sites excluding steroid dienone is 1. The van der Waals surface area contributed by atoms with Crippen LogP contribution in [-0.4, -0.2) is 21.7 Å². The Bertz CT molecular complexity index is 1170. The van der Waals surface area contributed by atoms with Crippen LogP contribution in [0.2, 0.25) is 0 Å². The SMILES string of the molecule is C=Cc1c(/C=C\C)ccc2c1c1ccccc1n2-c1ccc(B(O)O)cc1. The number of rotatable bonds is 4. The van der Waals surface area contributed by atoms with Gasteiger partial charge in [-0.3, -0.25) is 0 Å². The Hall–Kier alpha value is -3.08. The third-order valence-electron chi connectivity index (χ3n) is 4.91. The lowest BCUT2D eigenvalue weighted by molar-refractivity contribution is 0.426. The van der Waals surface area contributed by atoms with Gasteiger partial charge in [0.25, 0.3) is 0 Å². The molecule has 0 saturated carbocycles. The molecule has 132 valence electrons. The molecule has 4 aromatic rings. The van der Waals surface area contributed by atoms with Crippen molar-refractivity contribution in [2.24, 2.45) is 0 Å². The highest BCUT2D eigenvalue weighted by Crippen LogP contribution is 2.36. The average Bonchev–Trinajstić information content (AvgIpc) is 3.03. The average molecular weight is 353 g/mol. The number of fused-ring (bicyclic) bond motifs is 3. The van der Waals surface area contributed by atoms with Crippen LogP contribution in [0, 0.1) is 0 Å². The minimum absolute atomic E-state index is 0.474. The summed E-state index contributed by atoms with van der Waals surface area (Å²) in [6.07, 6.45) is 6.05. The van der Waals surface area contributed by atoms with E-state index in [2.05, 4.69) is 41.5 Å². The number of para-hydroxylation sites is 1. The molecule has 1 aromatic heterocycles. The molecular weight excluding hydrogens is 333 g/mol. The summed E-state index contributed by atoms with van der Waals surface area (Å²) in [4.78, 5) is 0. The summed E-state index contributed by atoms with van der Waals surface area (Å²) in [5, 5.41) is 21.1. The Morgan fingerprint density at radius 2 is 1.67 bits per heavy atom. The lowest BCUT2D eigenvalue weighted by Crippen LogP contribution is -2.29. The highest BCUT2D eigenvalue weighted by atomic mass is 16.4. The first-order chi connectivity index (χ1) is 13.2.